The summed E-state index contributed by atoms with van der Waals surface area (Å²) in [4.78, 5) is 0.250. The summed E-state index contributed by atoms with van der Waals surface area (Å²) in [6.07, 6.45) is 3.13. The Morgan fingerprint density at radius 3 is 2.62 bits per heavy atom. The number of hydrogen-bond acceptors (Lipinski definition) is 5. The molecule has 0 unspecified atom stereocenters. The number of nitrogens with one attached hydrogen (secondary N) is 2. The number of nitrogens with zero attached hydrogens (tertiary/aromatic N) is 4. The molecule has 9 heteroatoms. The number of rotatable bonds is 7. The second kappa shape index (κ2) is 6.37. The van der Waals surface area contributed by atoms with Gasteiger partial charge in [0.2, 0.25) is 10.0 Å². The molecule has 0 fully saturated rings. The minimum Gasteiger partial charge on any atom is -0.352 e. The molecule has 2 rings (SSSR count). The van der Waals surface area contributed by atoms with E-state index in [1.54, 1.807) is 28.4 Å². The van der Waals surface area contributed by atoms with Crippen LogP contribution in [0.3, 0.4) is 0 Å². The van der Waals surface area contributed by atoms with Gasteiger partial charge in [0.15, 0.2) is 0 Å². The zero-order valence-corrected chi connectivity index (χ0v) is 13.2. The Labute approximate surface area is 124 Å². The van der Waals surface area contributed by atoms with Gasteiger partial charge in [0.1, 0.15) is 12.2 Å². The minimum atomic E-state index is -3.56. The molecule has 0 aromatic carbocycles. The Bertz CT molecular complexity index is 703. The molecule has 0 saturated heterocycles. The quantitative estimate of drug-likeness (QED) is 0.735. The van der Waals surface area contributed by atoms with Crippen molar-refractivity contribution in [3.05, 3.63) is 30.1 Å². The molecule has 2 aromatic heterocycles. The zero-order chi connectivity index (χ0) is 15.5. The fourth-order valence-electron chi connectivity index (χ4n) is 1.86. The van der Waals surface area contributed by atoms with Crippen LogP contribution < -0.4 is 10.0 Å². The highest BCUT2D eigenvalue weighted by Gasteiger charge is 2.18. The van der Waals surface area contributed by atoms with Gasteiger partial charge in [-0.1, -0.05) is 6.92 Å². The van der Waals surface area contributed by atoms with Crippen molar-refractivity contribution < 1.29 is 8.42 Å². The summed E-state index contributed by atoms with van der Waals surface area (Å²) in [6.45, 7) is 3.57. The van der Waals surface area contributed by atoms with E-state index in [1.807, 2.05) is 14.0 Å². The monoisotopic (exact) mass is 312 g/mol. The molecule has 2 N–H and O–H groups in total. The van der Waals surface area contributed by atoms with Gasteiger partial charge in [-0.15, -0.1) is 10.2 Å². The molecule has 0 spiro atoms. The van der Waals surface area contributed by atoms with E-state index in [1.165, 1.54) is 6.33 Å². The molecule has 116 valence electrons. The SMILES string of the molecule is CCNCc1cc(S(=O)(=O)NCc2nncn2C)cn1C. The first-order chi connectivity index (χ1) is 9.94. The predicted octanol–water partition coefficient (Wildman–Crippen LogP) is -0.258. The first-order valence-corrected chi connectivity index (χ1v) is 8.11. The Morgan fingerprint density at radius 1 is 1.24 bits per heavy atom. The van der Waals surface area contributed by atoms with Crippen LogP contribution in [0.25, 0.3) is 0 Å². The molecular formula is C12H20N6O2S. The molecule has 0 atom stereocenters. The highest BCUT2D eigenvalue weighted by molar-refractivity contribution is 7.89. The maximum atomic E-state index is 12.3. The topological polar surface area (TPSA) is 93.8 Å². The second-order valence-corrected chi connectivity index (χ2v) is 6.51. The van der Waals surface area contributed by atoms with Gasteiger partial charge in [0.05, 0.1) is 11.4 Å². The lowest BCUT2D eigenvalue weighted by Crippen LogP contribution is -2.24. The fraction of sp³-hybridized carbons (Fsp3) is 0.500. The first-order valence-electron chi connectivity index (χ1n) is 6.62. The summed E-state index contributed by atoms with van der Waals surface area (Å²) in [5.74, 6) is 0.558. The molecule has 0 saturated carbocycles. The molecule has 0 aliphatic rings. The molecule has 0 aliphatic carbocycles. The van der Waals surface area contributed by atoms with Crippen LogP contribution in [0.1, 0.15) is 18.4 Å². The van der Waals surface area contributed by atoms with Crippen LogP contribution in [0.4, 0.5) is 0 Å². The maximum absolute atomic E-state index is 12.3. The third-order valence-electron chi connectivity index (χ3n) is 3.17. The van der Waals surface area contributed by atoms with Crippen LogP contribution in [0.2, 0.25) is 0 Å². The van der Waals surface area contributed by atoms with Crippen LogP contribution in [-0.4, -0.2) is 34.3 Å². The van der Waals surface area contributed by atoms with Crippen molar-refractivity contribution in [3.63, 3.8) is 0 Å². The summed E-state index contributed by atoms with van der Waals surface area (Å²) in [6, 6.07) is 1.67. The van der Waals surface area contributed by atoms with Gasteiger partial charge in [-0.25, -0.2) is 13.1 Å². The lowest BCUT2D eigenvalue weighted by molar-refractivity contribution is 0.577. The lowest BCUT2D eigenvalue weighted by Gasteiger charge is -2.04. The molecule has 0 amide bonds. The third kappa shape index (κ3) is 3.69. The van der Waals surface area contributed by atoms with Gasteiger partial charge in [-0.05, 0) is 12.6 Å². The van der Waals surface area contributed by atoms with Crippen molar-refractivity contribution >= 4 is 10.0 Å². The number of sulfonamides is 1. The van der Waals surface area contributed by atoms with E-state index in [9.17, 15) is 8.42 Å². The van der Waals surface area contributed by atoms with Crippen molar-refractivity contribution in [2.75, 3.05) is 6.54 Å². The third-order valence-corrected chi connectivity index (χ3v) is 4.54. The van der Waals surface area contributed by atoms with E-state index >= 15 is 0 Å². The van der Waals surface area contributed by atoms with Gasteiger partial charge in [-0.2, -0.15) is 0 Å². The van der Waals surface area contributed by atoms with Gasteiger partial charge in [-0.3, -0.25) is 0 Å². The van der Waals surface area contributed by atoms with Crippen LogP contribution in [-0.2, 0) is 37.2 Å². The summed E-state index contributed by atoms with van der Waals surface area (Å²) in [5.41, 5.74) is 0.913. The summed E-state index contributed by atoms with van der Waals surface area (Å²) in [5, 5.41) is 10.7. The standard InChI is InChI=1S/C12H20N6O2S/c1-4-13-6-10-5-11(8-17(10)2)21(19,20)15-7-12-16-14-9-18(12)3/h5,8-9,13,15H,4,6-7H2,1-3H3. The van der Waals surface area contributed by atoms with E-state index in [-0.39, 0.29) is 11.4 Å². The van der Waals surface area contributed by atoms with Crippen molar-refractivity contribution in [3.8, 4) is 0 Å². The molecule has 2 heterocycles. The summed E-state index contributed by atoms with van der Waals surface area (Å²) >= 11 is 0. The van der Waals surface area contributed by atoms with Gasteiger partial charge >= 0.3 is 0 Å². The second-order valence-electron chi connectivity index (χ2n) is 4.74. The number of hydrogen-bond donors (Lipinski definition) is 2. The normalized spacial score (nSPS) is 12.0. The Hall–Kier alpha value is -1.71. The lowest BCUT2D eigenvalue weighted by atomic mass is 10.4. The number of aromatic nitrogens is 4. The Balaban J connectivity index is 2.10. The highest BCUT2D eigenvalue weighted by atomic mass is 32.2. The molecule has 8 nitrogen and oxygen atoms in total. The van der Waals surface area contributed by atoms with Crippen LogP contribution in [0, 0.1) is 0 Å². The van der Waals surface area contributed by atoms with E-state index < -0.39 is 10.0 Å². The van der Waals surface area contributed by atoms with Crippen molar-refractivity contribution in [1.82, 2.24) is 29.4 Å². The molecule has 0 bridgehead atoms. The van der Waals surface area contributed by atoms with Gasteiger partial charge in [0, 0.05) is 32.5 Å². The van der Waals surface area contributed by atoms with Crippen LogP contribution in [0.15, 0.2) is 23.5 Å². The van der Waals surface area contributed by atoms with E-state index in [0.29, 0.717) is 12.4 Å². The maximum Gasteiger partial charge on any atom is 0.242 e. The fourth-order valence-corrected chi connectivity index (χ4v) is 2.94. The highest BCUT2D eigenvalue weighted by Crippen LogP contribution is 2.13. The van der Waals surface area contributed by atoms with Crippen molar-refractivity contribution in [1.29, 1.82) is 0 Å². The van der Waals surface area contributed by atoms with Crippen molar-refractivity contribution in [2.24, 2.45) is 14.1 Å². The molecular weight excluding hydrogens is 292 g/mol. The van der Waals surface area contributed by atoms with Gasteiger partial charge in [0.25, 0.3) is 0 Å². The predicted molar refractivity (Wildman–Crippen MR) is 77.8 cm³/mol. The minimum absolute atomic E-state index is 0.107. The number of aryl methyl sites for hydroxylation is 2. The van der Waals surface area contributed by atoms with Crippen LogP contribution >= 0.6 is 0 Å². The van der Waals surface area contributed by atoms with Crippen molar-refractivity contribution in [2.45, 2.75) is 24.9 Å². The molecule has 21 heavy (non-hydrogen) atoms. The average molecular weight is 312 g/mol. The summed E-state index contributed by atoms with van der Waals surface area (Å²) in [7, 11) is 0.0327. The zero-order valence-electron chi connectivity index (χ0n) is 12.4. The summed E-state index contributed by atoms with van der Waals surface area (Å²) < 4.78 is 30.6. The molecule has 2 aromatic rings. The van der Waals surface area contributed by atoms with E-state index in [4.69, 9.17) is 0 Å². The van der Waals surface area contributed by atoms with Gasteiger partial charge < -0.3 is 14.5 Å². The van der Waals surface area contributed by atoms with E-state index in [2.05, 4.69) is 20.2 Å². The first kappa shape index (κ1) is 15.7. The smallest absolute Gasteiger partial charge is 0.242 e. The average Bonchev–Trinajstić information content (AvgIpc) is 3.01. The Kier molecular flexibility index (Phi) is 4.76. The van der Waals surface area contributed by atoms with E-state index in [0.717, 1.165) is 12.2 Å². The largest absolute Gasteiger partial charge is 0.352 e. The molecule has 0 radical (unpaired) electrons. The van der Waals surface area contributed by atoms with Crippen LogP contribution in [0.5, 0.6) is 0 Å². The Morgan fingerprint density at radius 2 is 2.00 bits per heavy atom. The molecule has 0 aliphatic heterocycles.